The first-order chi connectivity index (χ1) is 16.3. The van der Waals surface area contributed by atoms with Crippen LogP contribution in [0.1, 0.15) is 38.3 Å². The number of rotatable bonds is 4. The van der Waals surface area contributed by atoms with Crippen LogP contribution in [0.15, 0.2) is 66.7 Å². The molecule has 1 fully saturated rings. The van der Waals surface area contributed by atoms with Crippen LogP contribution in [0.2, 0.25) is 0 Å². The molecule has 0 unspecified atom stereocenters. The van der Waals surface area contributed by atoms with Crippen LogP contribution in [0, 0.1) is 19.8 Å². The smallest absolute Gasteiger partial charge is 0.316 e. The van der Waals surface area contributed by atoms with Crippen molar-refractivity contribution in [3.05, 3.63) is 89.0 Å². The zero-order chi connectivity index (χ0) is 24.0. The van der Waals surface area contributed by atoms with Gasteiger partial charge in [-0.25, -0.2) is 4.90 Å². The van der Waals surface area contributed by atoms with Gasteiger partial charge in [-0.3, -0.25) is 19.2 Å². The van der Waals surface area contributed by atoms with Crippen LogP contribution in [0.4, 0.5) is 11.4 Å². The molecule has 170 valence electrons. The van der Waals surface area contributed by atoms with E-state index in [4.69, 9.17) is 4.74 Å². The number of amides is 3. The Morgan fingerprint density at radius 2 is 1.44 bits per heavy atom. The Bertz CT molecular complexity index is 1310. The van der Waals surface area contributed by atoms with Gasteiger partial charge in [0.05, 0.1) is 22.7 Å². The predicted octanol–water partition coefficient (Wildman–Crippen LogP) is 4.06. The van der Waals surface area contributed by atoms with E-state index in [0.717, 1.165) is 21.7 Å². The molecule has 0 N–H and O–H groups in total. The van der Waals surface area contributed by atoms with Crippen molar-refractivity contribution in [3.63, 3.8) is 0 Å². The second-order valence-electron chi connectivity index (χ2n) is 8.58. The Kier molecular flexibility index (Phi) is 5.24. The lowest BCUT2D eigenvalue weighted by Gasteiger charge is -2.18. The predicted molar refractivity (Wildman–Crippen MR) is 126 cm³/mol. The number of fused-ring (bicyclic) bond motifs is 1. The first kappa shape index (κ1) is 21.6. The third kappa shape index (κ3) is 3.65. The Balaban J connectivity index is 1.26. The van der Waals surface area contributed by atoms with Crippen LogP contribution < -0.4 is 14.5 Å². The van der Waals surface area contributed by atoms with Crippen molar-refractivity contribution in [1.82, 2.24) is 0 Å². The quantitative estimate of drug-likeness (QED) is 0.337. The third-order valence-corrected chi connectivity index (χ3v) is 6.37. The van der Waals surface area contributed by atoms with Gasteiger partial charge in [0.2, 0.25) is 5.91 Å². The van der Waals surface area contributed by atoms with E-state index in [1.54, 1.807) is 41.3 Å². The van der Waals surface area contributed by atoms with Crippen molar-refractivity contribution in [1.29, 1.82) is 0 Å². The Morgan fingerprint density at radius 3 is 2.06 bits per heavy atom. The second kappa shape index (κ2) is 8.26. The number of carbonyl (C=O) groups is 4. The fourth-order valence-electron chi connectivity index (χ4n) is 4.29. The highest BCUT2D eigenvalue weighted by Crippen LogP contribution is 2.31. The summed E-state index contributed by atoms with van der Waals surface area (Å²) in [6.07, 6.45) is 0.0822. The van der Waals surface area contributed by atoms with Crippen LogP contribution >= 0.6 is 0 Å². The van der Waals surface area contributed by atoms with E-state index < -0.39 is 11.9 Å². The van der Waals surface area contributed by atoms with Gasteiger partial charge in [-0.1, -0.05) is 18.2 Å². The molecule has 0 aromatic heterocycles. The number of esters is 1. The minimum atomic E-state index is -0.579. The summed E-state index contributed by atoms with van der Waals surface area (Å²) in [7, 11) is 0. The number of carbonyl (C=O) groups excluding carboxylic acids is 4. The van der Waals surface area contributed by atoms with Crippen molar-refractivity contribution < 1.29 is 23.9 Å². The van der Waals surface area contributed by atoms with Crippen molar-refractivity contribution in [2.24, 2.45) is 5.92 Å². The van der Waals surface area contributed by atoms with E-state index in [1.165, 1.54) is 12.1 Å². The largest absolute Gasteiger partial charge is 0.426 e. The minimum Gasteiger partial charge on any atom is -0.426 e. The highest BCUT2D eigenvalue weighted by atomic mass is 16.5. The lowest BCUT2D eigenvalue weighted by atomic mass is 10.1. The molecule has 1 saturated heterocycles. The first-order valence-corrected chi connectivity index (χ1v) is 11.0. The standard InChI is InChI=1S/C27H22N2O5/c1-16-7-8-20(13-17(16)2)28-15-18(14-24(28)30)27(33)34-21-11-9-19(10-12-21)29-25(31)22-5-3-4-6-23(22)26(29)32/h3-13,18H,14-15H2,1-2H3/t18-/m1/s1. The Hall–Kier alpha value is -4.26. The molecule has 7 heteroatoms. The summed E-state index contributed by atoms with van der Waals surface area (Å²) in [6, 6.07) is 18.6. The molecule has 2 aliphatic rings. The average molecular weight is 454 g/mol. The summed E-state index contributed by atoms with van der Waals surface area (Å²) in [6.45, 7) is 4.24. The number of imide groups is 1. The number of ether oxygens (including phenoxy) is 1. The number of aryl methyl sites for hydroxylation is 2. The Labute approximate surface area is 196 Å². The molecule has 0 spiro atoms. The molecular weight excluding hydrogens is 432 g/mol. The molecule has 3 aromatic rings. The zero-order valence-corrected chi connectivity index (χ0v) is 18.8. The van der Waals surface area contributed by atoms with Crippen LogP contribution in [0.3, 0.4) is 0 Å². The fraction of sp³-hybridized carbons (Fsp3) is 0.185. The molecule has 3 amide bonds. The fourth-order valence-corrected chi connectivity index (χ4v) is 4.29. The SMILES string of the molecule is Cc1ccc(N2C[C@H](C(=O)Oc3ccc(N4C(=O)c5ccccc5C4=O)cc3)CC2=O)cc1C. The van der Waals surface area contributed by atoms with Gasteiger partial charge in [-0.2, -0.15) is 0 Å². The molecule has 3 aromatic carbocycles. The van der Waals surface area contributed by atoms with Gasteiger partial charge in [0, 0.05) is 18.7 Å². The number of benzene rings is 3. The monoisotopic (exact) mass is 454 g/mol. The van der Waals surface area contributed by atoms with E-state index in [2.05, 4.69) is 0 Å². The highest BCUT2D eigenvalue weighted by Gasteiger charge is 2.37. The minimum absolute atomic E-state index is 0.0822. The van der Waals surface area contributed by atoms with E-state index >= 15 is 0 Å². The van der Waals surface area contributed by atoms with Gasteiger partial charge in [0.25, 0.3) is 11.8 Å². The van der Waals surface area contributed by atoms with Crippen molar-refractivity contribution in [2.45, 2.75) is 20.3 Å². The van der Waals surface area contributed by atoms with Crippen LogP contribution in [0.5, 0.6) is 5.75 Å². The maximum absolute atomic E-state index is 12.7. The highest BCUT2D eigenvalue weighted by molar-refractivity contribution is 6.34. The van der Waals surface area contributed by atoms with E-state index in [-0.39, 0.29) is 36.4 Å². The van der Waals surface area contributed by atoms with Gasteiger partial charge in [0.1, 0.15) is 5.75 Å². The zero-order valence-electron chi connectivity index (χ0n) is 18.8. The normalized spacial score (nSPS) is 17.4. The molecule has 1 atom stereocenters. The van der Waals surface area contributed by atoms with Crippen molar-refractivity contribution in [3.8, 4) is 5.75 Å². The number of nitrogens with zero attached hydrogens (tertiary/aromatic N) is 2. The molecule has 7 nitrogen and oxygen atoms in total. The van der Waals surface area contributed by atoms with Crippen molar-refractivity contribution in [2.75, 3.05) is 16.3 Å². The van der Waals surface area contributed by atoms with E-state index in [0.29, 0.717) is 16.8 Å². The maximum atomic E-state index is 12.7. The average Bonchev–Trinajstić information content (AvgIpc) is 3.34. The van der Waals surface area contributed by atoms with Gasteiger partial charge in [0.15, 0.2) is 0 Å². The van der Waals surface area contributed by atoms with Gasteiger partial charge in [-0.05, 0) is 73.5 Å². The molecule has 0 radical (unpaired) electrons. The molecule has 2 aliphatic heterocycles. The molecule has 0 saturated carbocycles. The lowest BCUT2D eigenvalue weighted by molar-refractivity contribution is -0.139. The van der Waals surface area contributed by atoms with E-state index in [9.17, 15) is 19.2 Å². The second-order valence-corrected chi connectivity index (χ2v) is 8.58. The molecule has 5 rings (SSSR count). The third-order valence-electron chi connectivity index (χ3n) is 6.37. The molecule has 34 heavy (non-hydrogen) atoms. The molecule has 0 aliphatic carbocycles. The molecule has 0 bridgehead atoms. The van der Waals surface area contributed by atoms with Crippen LogP contribution in [-0.2, 0) is 9.59 Å². The summed E-state index contributed by atoms with van der Waals surface area (Å²) >= 11 is 0. The van der Waals surface area contributed by atoms with Gasteiger partial charge < -0.3 is 9.64 Å². The molecule has 2 heterocycles. The summed E-state index contributed by atoms with van der Waals surface area (Å²) in [5, 5.41) is 0. The summed E-state index contributed by atoms with van der Waals surface area (Å²) in [4.78, 5) is 53.3. The van der Waals surface area contributed by atoms with E-state index in [1.807, 2.05) is 32.0 Å². The van der Waals surface area contributed by atoms with Gasteiger partial charge in [-0.15, -0.1) is 0 Å². The van der Waals surface area contributed by atoms with Crippen LogP contribution in [-0.4, -0.2) is 30.2 Å². The Morgan fingerprint density at radius 1 is 0.824 bits per heavy atom. The lowest BCUT2D eigenvalue weighted by Crippen LogP contribution is -2.29. The summed E-state index contributed by atoms with van der Waals surface area (Å²) in [5.41, 5.74) is 4.10. The van der Waals surface area contributed by atoms with Crippen LogP contribution in [0.25, 0.3) is 0 Å². The summed E-state index contributed by atoms with van der Waals surface area (Å²) in [5.74, 6) is -1.69. The first-order valence-electron chi connectivity index (χ1n) is 11.0. The number of hydrogen-bond acceptors (Lipinski definition) is 5. The van der Waals surface area contributed by atoms with Gasteiger partial charge >= 0.3 is 5.97 Å². The summed E-state index contributed by atoms with van der Waals surface area (Å²) < 4.78 is 5.50. The topological polar surface area (TPSA) is 84.0 Å². The molecular formula is C27H22N2O5. The number of hydrogen-bond donors (Lipinski definition) is 0. The maximum Gasteiger partial charge on any atom is 0.316 e. The number of anilines is 2. The van der Waals surface area contributed by atoms with Crippen molar-refractivity contribution >= 4 is 35.1 Å².